The number of aromatic nitrogens is 1. The zero-order valence-electron chi connectivity index (χ0n) is 14.2. The Morgan fingerprint density at radius 2 is 1.63 bits per heavy atom. The Morgan fingerprint density at radius 1 is 1.04 bits per heavy atom. The molecule has 0 saturated carbocycles. The monoisotopic (exact) mass is 407 g/mol. The van der Waals surface area contributed by atoms with Crippen molar-refractivity contribution in [2.75, 3.05) is 0 Å². The summed E-state index contributed by atoms with van der Waals surface area (Å²) >= 11 is 5.81. The number of nitrogens with zero attached hydrogens (tertiary/aromatic N) is 1. The SMILES string of the molecule is CC(=O)c1c(C)n(S(=O)(=O)c2ccc(Cl)cc2)c2ccc(O)c(C(=O)O)c12. The molecule has 0 radical (unpaired) electrons. The lowest BCUT2D eigenvalue weighted by atomic mass is 10.0. The molecule has 1 aromatic heterocycles. The van der Waals surface area contributed by atoms with Gasteiger partial charge in [0.25, 0.3) is 10.0 Å². The van der Waals surface area contributed by atoms with E-state index >= 15 is 0 Å². The normalized spacial score (nSPS) is 11.7. The van der Waals surface area contributed by atoms with Crippen molar-refractivity contribution in [3.8, 4) is 5.75 Å². The highest BCUT2D eigenvalue weighted by atomic mass is 35.5. The van der Waals surface area contributed by atoms with E-state index in [9.17, 15) is 28.2 Å². The van der Waals surface area contributed by atoms with Crippen LogP contribution in [0.5, 0.6) is 5.75 Å². The van der Waals surface area contributed by atoms with Gasteiger partial charge in [0.2, 0.25) is 0 Å². The Balaban J connectivity index is 2.50. The second-order valence-corrected chi connectivity index (χ2v) is 8.12. The Kier molecular flexibility index (Phi) is 4.49. The molecule has 0 spiro atoms. The molecule has 7 nitrogen and oxygen atoms in total. The molecule has 3 rings (SSSR count). The number of Topliss-reactive ketones (excluding diaryl/α,β-unsaturated/α-hetero) is 1. The molecule has 9 heteroatoms. The number of carbonyl (C=O) groups excluding carboxylic acids is 1. The van der Waals surface area contributed by atoms with Crippen molar-refractivity contribution in [2.24, 2.45) is 0 Å². The lowest BCUT2D eigenvalue weighted by molar-refractivity contribution is 0.0696. The minimum atomic E-state index is -4.15. The minimum absolute atomic E-state index is 0.0112. The molecule has 140 valence electrons. The molecule has 0 atom stereocenters. The highest BCUT2D eigenvalue weighted by molar-refractivity contribution is 7.90. The third-order valence-electron chi connectivity index (χ3n) is 4.21. The number of carbonyl (C=O) groups is 2. The number of rotatable bonds is 4. The Morgan fingerprint density at radius 3 is 2.15 bits per heavy atom. The van der Waals surface area contributed by atoms with Crippen LogP contribution in [0.3, 0.4) is 0 Å². The highest BCUT2D eigenvalue weighted by Crippen LogP contribution is 2.36. The summed E-state index contributed by atoms with van der Waals surface area (Å²) in [6.07, 6.45) is 0. The molecule has 1 heterocycles. The molecule has 2 N–H and O–H groups in total. The van der Waals surface area contributed by atoms with Gasteiger partial charge in [0, 0.05) is 21.7 Å². The van der Waals surface area contributed by atoms with Crippen LogP contribution in [-0.2, 0) is 10.0 Å². The second-order valence-electron chi connectivity index (χ2n) is 5.90. The number of benzene rings is 2. The molecule has 0 bridgehead atoms. The van der Waals surface area contributed by atoms with Crippen LogP contribution in [-0.4, -0.2) is 34.4 Å². The summed E-state index contributed by atoms with van der Waals surface area (Å²) in [5.74, 6) is -2.55. The highest BCUT2D eigenvalue weighted by Gasteiger charge is 2.30. The van der Waals surface area contributed by atoms with Gasteiger partial charge in [-0.2, -0.15) is 0 Å². The average molecular weight is 408 g/mol. The fourth-order valence-electron chi connectivity index (χ4n) is 3.14. The Hall–Kier alpha value is -2.84. The van der Waals surface area contributed by atoms with Crippen molar-refractivity contribution in [1.29, 1.82) is 0 Å². The van der Waals surface area contributed by atoms with Gasteiger partial charge in [0.05, 0.1) is 10.4 Å². The fraction of sp³-hybridized carbons (Fsp3) is 0.111. The molecule has 0 aliphatic carbocycles. The summed E-state index contributed by atoms with van der Waals surface area (Å²) < 4.78 is 27.3. The number of carboxylic acid groups (broad SMARTS) is 1. The van der Waals surface area contributed by atoms with E-state index < -0.39 is 33.1 Å². The topological polar surface area (TPSA) is 114 Å². The standard InChI is InChI=1S/C18H14ClNO6S/c1-9-15(10(2)21)16-13(7-8-14(22)17(16)18(23)24)20(9)27(25,26)12-5-3-11(19)4-6-12/h3-8,22H,1-2H3,(H,23,24). The van der Waals surface area contributed by atoms with E-state index in [0.29, 0.717) is 5.02 Å². The molecule has 27 heavy (non-hydrogen) atoms. The van der Waals surface area contributed by atoms with Crippen molar-refractivity contribution in [2.45, 2.75) is 18.7 Å². The van der Waals surface area contributed by atoms with Crippen LogP contribution in [0, 0.1) is 6.92 Å². The number of halogens is 1. The van der Waals surface area contributed by atoms with Crippen molar-refractivity contribution in [1.82, 2.24) is 3.97 Å². The minimum Gasteiger partial charge on any atom is -0.507 e. The predicted molar refractivity (Wildman–Crippen MR) is 99.3 cm³/mol. The number of phenols is 1. The van der Waals surface area contributed by atoms with Crippen LogP contribution in [0.2, 0.25) is 5.02 Å². The molecule has 2 aromatic carbocycles. The summed E-state index contributed by atoms with van der Waals surface area (Å²) in [5.41, 5.74) is -0.551. The number of fused-ring (bicyclic) bond motifs is 1. The third-order valence-corrected chi connectivity index (χ3v) is 6.29. The van der Waals surface area contributed by atoms with E-state index in [0.717, 1.165) is 10.0 Å². The molecule has 0 amide bonds. The van der Waals surface area contributed by atoms with Gasteiger partial charge in [-0.1, -0.05) is 11.6 Å². The van der Waals surface area contributed by atoms with Gasteiger partial charge in [0.15, 0.2) is 5.78 Å². The largest absolute Gasteiger partial charge is 0.507 e. The van der Waals surface area contributed by atoms with E-state index in [2.05, 4.69) is 0 Å². The maximum absolute atomic E-state index is 13.2. The maximum Gasteiger partial charge on any atom is 0.340 e. The number of aromatic hydroxyl groups is 1. The molecular weight excluding hydrogens is 394 g/mol. The quantitative estimate of drug-likeness (QED) is 0.640. The molecule has 0 fully saturated rings. The van der Waals surface area contributed by atoms with Crippen LogP contribution in [0.25, 0.3) is 10.9 Å². The number of aromatic carboxylic acids is 1. The van der Waals surface area contributed by atoms with Crippen LogP contribution >= 0.6 is 11.6 Å². The zero-order valence-corrected chi connectivity index (χ0v) is 15.8. The Labute approximate surface area is 159 Å². The molecule has 0 unspecified atom stereocenters. The Bertz CT molecular complexity index is 1210. The first-order chi connectivity index (χ1) is 12.6. The van der Waals surface area contributed by atoms with E-state index in [4.69, 9.17) is 11.6 Å². The lowest BCUT2D eigenvalue weighted by Crippen LogP contribution is -2.15. The summed E-state index contributed by atoms with van der Waals surface area (Å²) in [7, 11) is -4.15. The molecular formula is C18H14ClNO6S. The average Bonchev–Trinajstić information content (AvgIpc) is 2.87. The fourth-order valence-corrected chi connectivity index (χ4v) is 4.81. The third kappa shape index (κ3) is 2.87. The van der Waals surface area contributed by atoms with E-state index in [1.165, 1.54) is 44.2 Å². The smallest absolute Gasteiger partial charge is 0.340 e. The zero-order chi connectivity index (χ0) is 20.1. The van der Waals surface area contributed by atoms with Crippen LogP contribution in [0.15, 0.2) is 41.3 Å². The summed E-state index contributed by atoms with van der Waals surface area (Å²) in [4.78, 5) is 23.8. The first-order valence-electron chi connectivity index (χ1n) is 7.69. The number of carboxylic acids is 1. The summed E-state index contributed by atoms with van der Waals surface area (Å²) in [6.45, 7) is 2.61. The number of hydrogen-bond donors (Lipinski definition) is 2. The first kappa shape index (κ1) is 18.9. The van der Waals surface area contributed by atoms with E-state index in [1.54, 1.807) is 0 Å². The second kappa shape index (κ2) is 6.40. The maximum atomic E-state index is 13.2. The van der Waals surface area contributed by atoms with Crippen molar-refractivity contribution in [3.05, 3.63) is 58.2 Å². The van der Waals surface area contributed by atoms with E-state index in [-0.39, 0.29) is 27.1 Å². The van der Waals surface area contributed by atoms with Gasteiger partial charge >= 0.3 is 5.97 Å². The summed E-state index contributed by atoms with van der Waals surface area (Å²) in [5, 5.41) is 19.7. The van der Waals surface area contributed by atoms with Gasteiger partial charge in [-0.15, -0.1) is 0 Å². The predicted octanol–water partition coefficient (Wildman–Crippen LogP) is 3.45. The van der Waals surface area contributed by atoms with Gasteiger partial charge in [-0.05, 0) is 50.2 Å². The summed E-state index contributed by atoms with van der Waals surface area (Å²) in [6, 6.07) is 7.81. The van der Waals surface area contributed by atoms with Gasteiger partial charge < -0.3 is 10.2 Å². The van der Waals surface area contributed by atoms with Crippen LogP contribution in [0.4, 0.5) is 0 Å². The van der Waals surface area contributed by atoms with Gasteiger partial charge in [-0.3, -0.25) is 4.79 Å². The molecule has 3 aromatic rings. The van der Waals surface area contributed by atoms with Crippen LogP contribution < -0.4 is 0 Å². The van der Waals surface area contributed by atoms with Crippen LogP contribution in [0.1, 0.15) is 33.3 Å². The van der Waals surface area contributed by atoms with Crippen molar-refractivity contribution < 1.29 is 28.2 Å². The molecule has 0 aliphatic rings. The number of ketones is 1. The molecule has 0 aliphatic heterocycles. The van der Waals surface area contributed by atoms with Crippen molar-refractivity contribution in [3.63, 3.8) is 0 Å². The van der Waals surface area contributed by atoms with Gasteiger partial charge in [-0.25, -0.2) is 17.2 Å². The van der Waals surface area contributed by atoms with Crippen molar-refractivity contribution >= 4 is 44.3 Å². The first-order valence-corrected chi connectivity index (χ1v) is 9.51. The lowest BCUT2D eigenvalue weighted by Gasteiger charge is -2.10. The number of hydrogen-bond acceptors (Lipinski definition) is 5. The molecule has 0 saturated heterocycles. The van der Waals surface area contributed by atoms with E-state index in [1.807, 2.05) is 0 Å². The van der Waals surface area contributed by atoms with Gasteiger partial charge in [0.1, 0.15) is 11.3 Å².